The van der Waals surface area contributed by atoms with E-state index in [-0.39, 0.29) is 203 Å². The van der Waals surface area contributed by atoms with Crippen molar-refractivity contribution in [1.82, 2.24) is 0 Å². The van der Waals surface area contributed by atoms with E-state index < -0.39 is 0 Å². The van der Waals surface area contributed by atoms with Crippen LogP contribution in [-0.4, -0.2) is 0 Å². The summed E-state index contributed by atoms with van der Waals surface area (Å²) in [5.41, 5.74) is 0. The van der Waals surface area contributed by atoms with Gasteiger partial charge in [-0.1, -0.05) is 0 Å². The van der Waals surface area contributed by atoms with E-state index in [0.717, 1.165) is 0 Å². The maximum Gasteiger partial charge on any atom is 0 e. The maximum atomic E-state index is 0. The molecule has 0 unspecified atom stereocenters. The molecule has 0 aromatic heterocycles. The molecule has 0 nitrogen and oxygen atoms in total. The van der Waals surface area contributed by atoms with E-state index in [9.17, 15) is 0 Å². The smallest absolute Gasteiger partial charge is 0 e. The molecule has 0 fully saturated rings. The van der Waals surface area contributed by atoms with Crippen LogP contribution in [0.5, 0.6) is 0 Å². The van der Waals surface area contributed by atoms with Crippen LogP contribution in [0.25, 0.3) is 0 Å². The number of rotatable bonds is 0. The summed E-state index contributed by atoms with van der Waals surface area (Å²) >= 11 is 0. The van der Waals surface area contributed by atoms with Gasteiger partial charge in [0.15, 0.2) is 0 Å². The zero-order valence-corrected chi connectivity index (χ0v) is 13.5. The van der Waals surface area contributed by atoms with Gasteiger partial charge in [-0.05, 0) is 0 Å². The third-order valence-electron chi connectivity index (χ3n) is 0. The molecule has 0 spiro atoms. The van der Waals surface area contributed by atoms with Gasteiger partial charge >= 0.3 is 0 Å². The Balaban J connectivity index is 0. The molecule has 0 atom stereocenters. The monoisotopic (exact) mass is 833 g/mol. The Morgan fingerprint density at radius 1 is 0.286 bits per heavy atom. The van der Waals surface area contributed by atoms with Crippen LogP contribution in [0.4, 0.5) is 0 Å². The minimum absolute atomic E-state index is 0. The van der Waals surface area contributed by atoms with Crippen molar-refractivity contribution < 1.29 is 203 Å². The van der Waals surface area contributed by atoms with Crippen molar-refractivity contribution in [3.8, 4) is 0 Å². The summed E-state index contributed by atoms with van der Waals surface area (Å²) in [6, 6.07) is 0. The van der Waals surface area contributed by atoms with Gasteiger partial charge in [0.1, 0.15) is 0 Å². The Hall–Kier alpha value is 6.61. The molecular weight excluding hydrogens is 827 g/mol. The second kappa shape index (κ2) is 38.9. The summed E-state index contributed by atoms with van der Waals surface area (Å²) in [7, 11) is 0. The molecule has 0 heterocycles. The quantitative estimate of drug-likeness (QED) is 0.323. The second-order valence-corrected chi connectivity index (χ2v) is 0. The van der Waals surface area contributed by atoms with E-state index in [1.807, 2.05) is 0 Å². The Labute approximate surface area is 196 Å². The Morgan fingerprint density at radius 3 is 0.286 bits per heavy atom. The van der Waals surface area contributed by atoms with Crippen LogP contribution in [0, 0.1) is 153 Å². The van der Waals surface area contributed by atoms with Crippen molar-refractivity contribution in [3.05, 3.63) is 0 Å². The zero-order valence-electron chi connectivity index (χ0n) is 2.26. The van der Waals surface area contributed by atoms with Crippen LogP contribution in [-0.2, 0) is 50.3 Å². The van der Waals surface area contributed by atoms with Crippen molar-refractivity contribution in [1.29, 1.82) is 0 Å². The van der Waals surface area contributed by atoms with Gasteiger partial charge in [-0.2, -0.15) is 0 Å². The van der Waals surface area contributed by atoms with E-state index in [4.69, 9.17) is 0 Å². The molecule has 0 saturated heterocycles. The van der Waals surface area contributed by atoms with Gasteiger partial charge in [-0.25, -0.2) is 0 Å². The fourth-order valence-electron chi connectivity index (χ4n) is 0. The molecule has 7 heavy (non-hydrogen) atoms. The molecule has 0 aliphatic rings. The molecule has 0 bridgehead atoms. The zero-order chi connectivity index (χ0) is 0. The van der Waals surface area contributed by atoms with Gasteiger partial charge in [0.25, 0.3) is 0 Å². The number of hydrogen-bond donors (Lipinski definition) is 0. The SMILES string of the molecule is [Co].[Co].[Co].[Dy].[Dy].[Dy].[Dy]. The largest absolute Gasteiger partial charge is 0 e. The van der Waals surface area contributed by atoms with E-state index in [1.165, 1.54) is 0 Å². The molecular formula is Co3Dy4. The molecule has 0 rings (SSSR count). The first-order valence-corrected chi connectivity index (χ1v) is 0. The topological polar surface area (TPSA) is 0 Å². The first kappa shape index (κ1) is 49.5. The van der Waals surface area contributed by atoms with Crippen LogP contribution >= 0.6 is 0 Å². The van der Waals surface area contributed by atoms with Gasteiger partial charge < -0.3 is 0 Å². The molecule has 0 aromatic carbocycles. The fourth-order valence-corrected chi connectivity index (χ4v) is 0. The molecule has 0 aliphatic carbocycles. The Bertz CT molecular complexity index is 6.90. The van der Waals surface area contributed by atoms with Gasteiger partial charge in [0, 0.05) is 203 Å². The molecule has 3 radical (unpaired) electrons. The average molecular weight is 827 g/mol. The second-order valence-electron chi connectivity index (χ2n) is 0. The standard InChI is InChI=1S/3Co.4Dy. The summed E-state index contributed by atoms with van der Waals surface area (Å²) in [6.45, 7) is 0. The van der Waals surface area contributed by atoms with E-state index in [0.29, 0.717) is 0 Å². The van der Waals surface area contributed by atoms with Crippen LogP contribution in [0.2, 0.25) is 0 Å². The van der Waals surface area contributed by atoms with Crippen LogP contribution in [0.15, 0.2) is 0 Å². The van der Waals surface area contributed by atoms with Gasteiger partial charge in [-0.15, -0.1) is 0 Å². The normalized spacial score (nSPS) is 0. The van der Waals surface area contributed by atoms with Crippen molar-refractivity contribution in [2.24, 2.45) is 0 Å². The fraction of sp³-hybridized carbons (Fsp3) is 0. The van der Waals surface area contributed by atoms with Crippen LogP contribution in [0.3, 0.4) is 0 Å². The first-order chi connectivity index (χ1) is 0. The maximum absolute atomic E-state index is 0. The number of hydrogen-bond acceptors (Lipinski definition) is 0. The predicted octanol–water partition coefficient (Wildman–Crippen LogP) is -0.00750. The Kier molecular flexibility index (Phi) is 275. The average Bonchev–Trinajstić information content (AvgIpc) is 0. The van der Waals surface area contributed by atoms with Crippen molar-refractivity contribution >= 4 is 0 Å². The molecule has 0 aromatic rings. The van der Waals surface area contributed by atoms with E-state index in [1.54, 1.807) is 0 Å². The molecule has 0 N–H and O–H groups in total. The summed E-state index contributed by atoms with van der Waals surface area (Å²) in [5.74, 6) is 0. The van der Waals surface area contributed by atoms with Crippen molar-refractivity contribution in [2.75, 3.05) is 0 Å². The molecule has 7 heteroatoms. The van der Waals surface area contributed by atoms with Crippen LogP contribution in [0.1, 0.15) is 0 Å². The summed E-state index contributed by atoms with van der Waals surface area (Å²) < 4.78 is 0. The molecule has 0 aliphatic heterocycles. The minimum Gasteiger partial charge on any atom is 0 e. The molecule has 0 saturated carbocycles. The molecule has 0 amide bonds. The first-order valence-electron chi connectivity index (χ1n) is 0. The summed E-state index contributed by atoms with van der Waals surface area (Å²) in [6.07, 6.45) is 0. The van der Waals surface area contributed by atoms with Gasteiger partial charge in [0.05, 0.1) is 0 Å². The van der Waals surface area contributed by atoms with E-state index in [2.05, 4.69) is 0 Å². The van der Waals surface area contributed by atoms with Crippen LogP contribution < -0.4 is 0 Å². The van der Waals surface area contributed by atoms with E-state index >= 15 is 0 Å². The third-order valence-corrected chi connectivity index (χ3v) is 0. The summed E-state index contributed by atoms with van der Waals surface area (Å²) in [5, 5.41) is 0. The van der Waals surface area contributed by atoms with Crippen molar-refractivity contribution in [2.45, 2.75) is 0 Å². The third kappa shape index (κ3) is 32.5. The van der Waals surface area contributed by atoms with Gasteiger partial charge in [-0.3, -0.25) is 0 Å². The predicted molar refractivity (Wildman–Crippen MR) is 0 cm³/mol. The Morgan fingerprint density at radius 2 is 0.286 bits per heavy atom. The van der Waals surface area contributed by atoms with Crippen molar-refractivity contribution in [3.63, 3.8) is 0 Å². The minimum atomic E-state index is 0. The summed E-state index contributed by atoms with van der Waals surface area (Å²) in [4.78, 5) is 0. The van der Waals surface area contributed by atoms with Gasteiger partial charge in [0.2, 0.25) is 0 Å². The molecule has 67 valence electrons.